The average Bonchev–Trinajstić information content (AvgIpc) is 3.14. The summed E-state index contributed by atoms with van der Waals surface area (Å²) in [6.45, 7) is 3.52. The van der Waals surface area contributed by atoms with Crippen LogP contribution >= 0.6 is 0 Å². The van der Waals surface area contributed by atoms with E-state index in [1.807, 2.05) is 0 Å². The smallest absolute Gasteiger partial charge is 0.125 e. The Labute approximate surface area is 130 Å². The molecule has 1 atom stereocenters. The lowest BCUT2D eigenvalue weighted by Gasteiger charge is -2.26. The van der Waals surface area contributed by atoms with E-state index in [4.69, 9.17) is 0 Å². The van der Waals surface area contributed by atoms with Crippen LogP contribution in [0, 0.1) is 11.7 Å². The number of hydrogen-bond acceptors (Lipinski definition) is 2. The summed E-state index contributed by atoms with van der Waals surface area (Å²) in [4.78, 5) is 10.6. The van der Waals surface area contributed by atoms with E-state index in [1.165, 1.54) is 51.3 Å². The van der Waals surface area contributed by atoms with Crippen LogP contribution in [-0.2, 0) is 0 Å². The summed E-state index contributed by atoms with van der Waals surface area (Å²) in [7, 11) is 0. The first-order chi connectivity index (χ1) is 10.8. The van der Waals surface area contributed by atoms with E-state index in [0.717, 1.165) is 35.7 Å². The highest BCUT2D eigenvalue weighted by Crippen LogP contribution is 2.30. The Morgan fingerprint density at radius 3 is 2.91 bits per heavy atom. The number of aromatic nitrogens is 2. The van der Waals surface area contributed by atoms with Gasteiger partial charge in [-0.15, -0.1) is 0 Å². The fourth-order valence-corrected chi connectivity index (χ4v) is 4.15. The summed E-state index contributed by atoms with van der Waals surface area (Å²) in [5, 5.41) is 0. The van der Waals surface area contributed by atoms with Gasteiger partial charge in [-0.2, -0.15) is 0 Å². The van der Waals surface area contributed by atoms with Gasteiger partial charge in [0.15, 0.2) is 0 Å². The summed E-state index contributed by atoms with van der Waals surface area (Å²) in [5.74, 6) is 2.20. The molecule has 2 fully saturated rings. The zero-order chi connectivity index (χ0) is 14.9. The molecule has 0 bridgehead atoms. The zero-order valence-corrected chi connectivity index (χ0v) is 13.0. The largest absolute Gasteiger partial charge is 0.342 e. The van der Waals surface area contributed by atoms with E-state index in [-0.39, 0.29) is 5.82 Å². The molecule has 2 heterocycles. The number of aromatic amines is 1. The maximum atomic E-state index is 13.3. The highest BCUT2D eigenvalue weighted by Gasteiger charge is 2.28. The van der Waals surface area contributed by atoms with Crippen LogP contribution in [0.1, 0.15) is 50.3 Å². The van der Waals surface area contributed by atoms with Crippen molar-refractivity contribution in [2.45, 2.75) is 44.4 Å². The number of hydrogen-bond donors (Lipinski definition) is 1. The lowest BCUT2D eigenvalue weighted by molar-refractivity contribution is 0.232. The maximum absolute atomic E-state index is 13.3. The summed E-state index contributed by atoms with van der Waals surface area (Å²) in [5.41, 5.74) is 1.70. The average molecular weight is 301 g/mol. The molecule has 0 radical (unpaired) electrons. The first-order valence-electron chi connectivity index (χ1n) is 8.65. The highest BCUT2D eigenvalue weighted by atomic mass is 19.1. The van der Waals surface area contributed by atoms with Gasteiger partial charge in [0.1, 0.15) is 11.6 Å². The van der Waals surface area contributed by atoms with Crippen molar-refractivity contribution in [1.29, 1.82) is 0 Å². The standard InChI is InChI=1S/C18H24FN3/c19-15-6-7-16-17(10-15)21-18(20-16)14-8-9-22(12-14)11-13-4-2-1-3-5-13/h6-7,10,13-14H,1-5,8-9,11-12H2,(H,20,21). The third-order valence-electron chi connectivity index (χ3n) is 5.36. The first kappa shape index (κ1) is 14.2. The van der Waals surface area contributed by atoms with Crippen molar-refractivity contribution >= 4 is 11.0 Å². The van der Waals surface area contributed by atoms with Crippen LogP contribution in [0.5, 0.6) is 0 Å². The van der Waals surface area contributed by atoms with Gasteiger partial charge in [-0.25, -0.2) is 9.37 Å². The van der Waals surface area contributed by atoms with Gasteiger partial charge in [0.05, 0.1) is 11.0 Å². The third kappa shape index (κ3) is 2.89. The normalized spacial score (nSPS) is 24.3. The minimum Gasteiger partial charge on any atom is -0.342 e. The molecule has 1 N–H and O–H groups in total. The summed E-state index contributed by atoms with van der Waals surface area (Å²) in [6, 6.07) is 4.79. The van der Waals surface area contributed by atoms with E-state index in [9.17, 15) is 4.39 Å². The molecule has 1 aromatic carbocycles. The Morgan fingerprint density at radius 2 is 2.05 bits per heavy atom. The molecule has 1 saturated heterocycles. The number of benzene rings is 1. The predicted molar refractivity (Wildman–Crippen MR) is 86.4 cm³/mol. The highest BCUT2D eigenvalue weighted by molar-refractivity contribution is 5.75. The van der Waals surface area contributed by atoms with Crippen molar-refractivity contribution in [3.05, 3.63) is 29.8 Å². The van der Waals surface area contributed by atoms with E-state index >= 15 is 0 Å². The van der Waals surface area contributed by atoms with Crippen LogP contribution in [-0.4, -0.2) is 34.5 Å². The Balaban J connectivity index is 1.42. The Morgan fingerprint density at radius 1 is 1.18 bits per heavy atom. The molecule has 2 aliphatic rings. The second kappa shape index (κ2) is 5.99. The van der Waals surface area contributed by atoms with E-state index in [2.05, 4.69) is 14.9 Å². The molecule has 3 nitrogen and oxygen atoms in total. The van der Waals surface area contributed by atoms with E-state index < -0.39 is 0 Å². The Kier molecular flexibility index (Phi) is 3.87. The van der Waals surface area contributed by atoms with E-state index in [1.54, 1.807) is 12.1 Å². The molecule has 1 aromatic heterocycles. The number of imidazole rings is 1. The second-order valence-electron chi connectivity index (χ2n) is 7.03. The van der Waals surface area contributed by atoms with Crippen molar-refractivity contribution in [3.63, 3.8) is 0 Å². The Bertz CT molecular complexity index is 645. The maximum Gasteiger partial charge on any atom is 0.125 e. The van der Waals surface area contributed by atoms with Gasteiger partial charge in [-0.1, -0.05) is 19.3 Å². The number of likely N-dealkylation sites (tertiary alicyclic amines) is 1. The van der Waals surface area contributed by atoms with Gasteiger partial charge in [0, 0.05) is 19.0 Å². The fourth-order valence-electron chi connectivity index (χ4n) is 4.15. The molecule has 4 heteroatoms. The van der Waals surface area contributed by atoms with Gasteiger partial charge in [-0.3, -0.25) is 0 Å². The molecule has 0 spiro atoms. The minimum absolute atomic E-state index is 0.201. The SMILES string of the molecule is Fc1ccc2nc(C3CCN(CC4CCCCC4)C3)[nH]c2c1. The van der Waals surface area contributed by atoms with Crippen LogP contribution in [0.3, 0.4) is 0 Å². The molecule has 1 saturated carbocycles. The Hall–Kier alpha value is -1.42. The zero-order valence-electron chi connectivity index (χ0n) is 13.0. The first-order valence-corrected chi connectivity index (χ1v) is 8.65. The topological polar surface area (TPSA) is 31.9 Å². The predicted octanol–water partition coefficient (Wildman–Crippen LogP) is 4.07. The molecule has 1 unspecified atom stereocenters. The number of H-pyrrole nitrogens is 1. The van der Waals surface area contributed by atoms with Crippen LogP contribution in [0.15, 0.2) is 18.2 Å². The molecular formula is C18H24FN3. The monoisotopic (exact) mass is 301 g/mol. The molecule has 1 aliphatic heterocycles. The lowest BCUT2D eigenvalue weighted by Crippen LogP contribution is -2.28. The van der Waals surface area contributed by atoms with Gasteiger partial charge >= 0.3 is 0 Å². The molecule has 4 rings (SSSR count). The molecular weight excluding hydrogens is 277 g/mol. The summed E-state index contributed by atoms with van der Waals surface area (Å²) < 4.78 is 13.3. The third-order valence-corrected chi connectivity index (χ3v) is 5.36. The summed E-state index contributed by atoms with van der Waals surface area (Å²) >= 11 is 0. The molecule has 0 amide bonds. The molecule has 118 valence electrons. The molecule has 2 aromatic rings. The lowest BCUT2D eigenvalue weighted by atomic mass is 9.89. The van der Waals surface area contributed by atoms with Crippen molar-refractivity contribution < 1.29 is 4.39 Å². The van der Waals surface area contributed by atoms with E-state index in [0.29, 0.717) is 5.92 Å². The number of halogens is 1. The van der Waals surface area contributed by atoms with Gasteiger partial charge in [-0.05, 0) is 49.9 Å². The number of rotatable bonds is 3. The van der Waals surface area contributed by atoms with Crippen LogP contribution < -0.4 is 0 Å². The van der Waals surface area contributed by atoms with Gasteiger partial charge in [0.2, 0.25) is 0 Å². The van der Waals surface area contributed by atoms with Crippen LogP contribution in [0.4, 0.5) is 4.39 Å². The molecule has 22 heavy (non-hydrogen) atoms. The van der Waals surface area contributed by atoms with Crippen molar-refractivity contribution in [2.24, 2.45) is 5.92 Å². The van der Waals surface area contributed by atoms with Crippen LogP contribution in [0.25, 0.3) is 11.0 Å². The van der Waals surface area contributed by atoms with Crippen molar-refractivity contribution in [2.75, 3.05) is 19.6 Å². The number of nitrogens with one attached hydrogen (secondary N) is 1. The van der Waals surface area contributed by atoms with Crippen molar-refractivity contribution in [3.8, 4) is 0 Å². The van der Waals surface area contributed by atoms with Crippen molar-refractivity contribution in [1.82, 2.24) is 14.9 Å². The molecule has 1 aliphatic carbocycles. The van der Waals surface area contributed by atoms with Gasteiger partial charge < -0.3 is 9.88 Å². The van der Waals surface area contributed by atoms with Gasteiger partial charge in [0.25, 0.3) is 0 Å². The second-order valence-corrected chi connectivity index (χ2v) is 7.03. The fraction of sp³-hybridized carbons (Fsp3) is 0.611. The van der Waals surface area contributed by atoms with Crippen LogP contribution in [0.2, 0.25) is 0 Å². The summed E-state index contributed by atoms with van der Waals surface area (Å²) in [6.07, 6.45) is 8.23. The number of nitrogens with zero attached hydrogens (tertiary/aromatic N) is 2. The minimum atomic E-state index is -0.201. The number of fused-ring (bicyclic) bond motifs is 1. The quantitative estimate of drug-likeness (QED) is 0.926.